The van der Waals surface area contributed by atoms with Gasteiger partial charge in [-0.25, -0.2) is 4.79 Å². The lowest BCUT2D eigenvalue weighted by Gasteiger charge is -2.02. The van der Waals surface area contributed by atoms with Crippen LogP contribution in [0.15, 0.2) is 53.3 Å². The third-order valence-electron chi connectivity index (χ3n) is 2.49. The van der Waals surface area contributed by atoms with Gasteiger partial charge in [-0.2, -0.15) is 0 Å². The second-order valence-corrected chi connectivity index (χ2v) is 3.59. The largest absolute Gasteiger partial charge is 0.478 e. The van der Waals surface area contributed by atoms with Crippen molar-refractivity contribution in [1.29, 1.82) is 0 Å². The minimum Gasteiger partial charge on any atom is -0.478 e. The summed E-state index contributed by atoms with van der Waals surface area (Å²) in [5.41, 5.74) is 8.71. The summed E-state index contributed by atoms with van der Waals surface area (Å²) in [7, 11) is 0. The molecule has 1 N–H and O–H groups in total. The van der Waals surface area contributed by atoms with E-state index in [1.165, 1.54) is 6.08 Å². The standard InChI is InChI=1S/C13H9N3O2/c14-16-15-12(13(17)18)8-10-6-3-5-9-4-1-2-7-11(9)10/h1-8H,(H,17,18). The Morgan fingerprint density at radius 2 is 1.94 bits per heavy atom. The highest BCUT2D eigenvalue weighted by atomic mass is 16.4. The summed E-state index contributed by atoms with van der Waals surface area (Å²) in [5, 5.41) is 14.0. The lowest BCUT2D eigenvalue weighted by Crippen LogP contribution is -1.96. The molecule has 0 aliphatic carbocycles. The van der Waals surface area contributed by atoms with Gasteiger partial charge in [-0.3, -0.25) is 0 Å². The summed E-state index contributed by atoms with van der Waals surface area (Å²) >= 11 is 0. The Morgan fingerprint density at radius 3 is 2.67 bits per heavy atom. The molecule has 0 aliphatic rings. The van der Waals surface area contributed by atoms with E-state index >= 15 is 0 Å². The molecule has 5 heteroatoms. The number of azide groups is 1. The molecule has 0 bridgehead atoms. The van der Waals surface area contributed by atoms with Gasteiger partial charge in [0.15, 0.2) is 0 Å². The van der Waals surface area contributed by atoms with E-state index in [1.807, 2.05) is 36.4 Å². The number of nitrogens with zero attached hydrogens (tertiary/aromatic N) is 3. The van der Waals surface area contributed by atoms with Crippen molar-refractivity contribution in [3.8, 4) is 0 Å². The molecular formula is C13H9N3O2. The topological polar surface area (TPSA) is 86.1 Å². The molecule has 0 saturated heterocycles. The Kier molecular flexibility index (Phi) is 3.27. The normalized spacial score (nSPS) is 11.0. The summed E-state index contributed by atoms with van der Waals surface area (Å²) in [6.45, 7) is 0. The first kappa shape index (κ1) is 11.7. The van der Waals surface area contributed by atoms with Gasteiger partial charge in [0.2, 0.25) is 0 Å². The summed E-state index contributed by atoms with van der Waals surface area (Å²) in [6, 6.07) is 13.1. The highest BCUT2D eigenvalue weighted by Gasteiger charge is 2.06. The predicted molar refractivity (Wildman–Crippen MR) is 68.7 cm³/mol. The molecule has 0 unspecified atom stereocenters. The molecule has 88 valence electrons. The zero-order valence-electron chi connectivity index (χ0n) is 9.32. The van der Waals surface area contributed by atoms with E-state index in [9.17, 15) is 4.79 Å². The van der Waals surface area contributed by atoms with Crippen molar-refractivity contribution in [3.63, 3.8) is 0 Å². The fourth-order valence-corrected chi connectivity index (χ4v) is 1.71. The molecule has 0 saturated carbocycles. The van der Waals surface area contributed by atoms with E-state index in [0.29, 0.717) is 5.56 Å². The van der Waals surface area contributed by atoms with E-state index in [2.05, 4.69) is 10.0 Å². The lowest BCUT2D eigenvalue weighted by molar-refractivity contribution is -0.132. The minimum atomic E-state index is -1.25. The Bertz CT molecular complexity index is 676. The average molecular weight is 239 g/mol. The smallest absolute Gasteiger partial charge is 0.338 e. The van der Waals surface area contributed by atoms with Gasteiger partial charge in [-0.05, 0) is 27.9 Å². The summed E-state index contributed by atoms with van der Waals surface area (Å²) in [4.78, 5) is 13.4. The fourth-order valence-electron chi connectivity index (χ4n) is 1.71. The Hall–Kier alpha value is -2.78. The van der Waals surface area contributed by atoms with Crippen molar-refractivity contribution < 1.29 is 9.90 Å². The number of benzene rings is 2. The molecule has 0 heterocycles. The highest BCUT2D eigenvalue weighted by Crippen LogP contribution is 2.21. The summed E-state index contributed by atoms with van der Waals surface area (Å²) in [5.74, 6) is -1.25. The van der Waals surface area contributed by atoms with Crippen LogP contribution in [0.4, 0.5) is 0 Å². The van der Waals surface area contributed by atoms with Gasteiger partial charge in [0, 0.05) is 4.91 Å². The molecule has 0 fully saturated rings. The number of hydrogen-bond donors (Lipinski definition) is 1. The van der Waals surface area contributed by atoms with Crippen LogP contribution in [0.1, 0.15) is 5.56 Å². The van der Waals surface area contributed by atoms with E-state index in [-0.39, 0.29) is 5.70 Å². The average Bonchev–Trinajstić information content (AvgIpc) is 2.38. The van der Waals surface area contributed by atoms with E-state index in [0.717, 1.165) is 10.8 Å². The van der Waals surface area contributed by atoms with Crippen molar-refractivity contribution >= 4 is 22.8 Å². The molecule has 0 aromatic heterocycles. The second-order valence-electron chi connectivity index (χ2n) is 3.59. The van der Waals surface area contributed by atoms with Gasteiger partial charge in [-0.15, -0.1) is 0 Å². The monoisotopic (exact) mass is 239 g/mol. The minimum absolute atomic E-state index is 0.325. The molecule has 0 radical (unpaired) electrons. The summed E-state index contributed by atoms with van der Waals surface area (Å²) < 4.78 is 0. The number of fused-ring (bicyclic) bond motifs is 1. The molecule has 0 atom stereocenters. The predicted octanol–water partition coefficient (Wildman–Crippen LogP) is 3.58. The first-order valence-electron chi connectivity index (χ1n) is 5.20. The molecule has 0 spiro atoms. The van der Waals surface area contributed by atoms with Crippen LogP contribution in [0.3, 0.4) is 0 Å². The van der Waals surface area contributed by atoms with Gasteiger partial charge < -0.3 is 5.11 Å². The molecule has 0 aliphatic heterocycles. The van der Waals surface area contributed by atoms with Gasteiger partial charge in [0.1, 0.15) is 5.70 Å². The molecular weight excluding hydrogens is 230 g/mol. The van der Waals surface area contributed by atoms with Crippen molar-refractivity contribution in [1.82, 2.24) is 0 Å². The lowest BCUT2D eigenvalue weighted by atomic mass is 10.0. The van der Waals surface area contributed by atoms with E-state index in [4.69, 9.17) is 10.6 Å². The zero-order valence-corrected chi connectivity index (χ0v) is 9.32. The van der Waals surface area contributed by atoms with Crippen LogP contribution in [-0.4, -0.2) is 11.1 Å². The van der Waals surface area contributed by atoms with Gasteiger partial charge in [-0.1, -0.05) is 47.6 Å². The van der Waals surface area contributed by atoms with Crippen LogP contribution >= 0.6 is 0 Å². The number of rotatable bonds is 3. The van der Waals surface area contributed by atoms with Crippen LogP contribution in [0.2, 0.25) is 0 Å². The Morgan fingerprint density at radius 1 is 1.22 bits per heavy atom. The number of hydrogen-bond acceptors (Lipinski definition) is 2. The molecule has 2 rings (SSSR count). The fraction of sp³-hybridized carbons (Fsp3) is 0. The molecule has 18 heavy (non-hydrogen) atoms. The maximum Gasteiger partial charge on any atom is 0.338 e. The maximum atomic E-state index is 10.9. The van der Waals surface area contributed by atoms with Crippen LogP contribution in [0.5, 0.6) is 0 Å². The van der Waals surface area contributed by atoms with Crippen LogP contribution in [-0.2, 0) is 4.79 Å². The van der Waals surface area contributed by atoms with Gasteiger partial charge >= 0.3 is 5.97 Å². The first-order valence-corrected chi connectivity index (χ1v) is 5.20. The van der Waals surface area contributed by atoms with Crippen molar-refractivity contribution in [2.45, 2.75) is 0 Å². The molecule has 2 aromatic rings. The van der Waals surface area contributed by atoms with Gasteiger partial charge in [0.05, 0.1) is 0 Å². The molecule has 0 amide bonds. The number of aliphatic carboxylic acids is 1. The zero-order chi connectivity index (χ0) is 13.0. The molecule has 2 aromatic carbocycles. The first-order chi connectivity index (χ1) is 8.72. The number of carboxylic acids is 1. The van der Waals surface area contributed by atoms with Crippen LogP contribution in [0, 0.1) is 0 Å². The van der Waals surface area contributed by atoms with Crippen molar-refractivity contribution in [2.24, 2.45) is 5.11 Å². The summed E-state index contributed by atoms with van der Waals surface area (Å²) in [6.07, 6.45) is 1.37. The SMILES string of the molecule is [N-]=[N+]=NC(=Cc1cccc2ccccc12)C(=O)O. The molecule has 5 nitrogen and oxygen atoms in total. The highest BCUT2D eigenvalue weighted by molar-refractivity contribution is 5.97. The van der Waals surface area contributed by atoms with Crippen molar-refractivity contribution in [3.05, 3.63) is 64.2 Å². The maximum absolute atomic E-state index is 10.9. The van der Waals surface area contributed by atoms with E-state index in [1.54, 1.807) is 6.07 Å². The third kappa shape index (κ3) is 2.31. The quantitative estimate of drug-likeness (QED) is 0.384. The van der Waals surface area contributed by atoms with Crippen molar-refractivity contribution in [2.75, 3.05) is 0 Å². The van der Waals surface area contributed by atoms with Gasteiger partial charge in [0.25, 0.3) is 0 Å². The van der Waals surface area contributed by atoms with Crippen LogP contribution < -0.4 is 0 Å². The number of carboxylic acid groups (broad SMARTS) is 1. The number of carbonyl (C=O) groups is 1. The van der Waals surface area contributed by atoms with Crippen LogP contribution in [0.25, 0.3) is 27.3 Å². The second kappa shape index (κ2) is 5.03. The Balaban J connectivity index is 2.64. The Labute approximate surface area is 103 Å². The third-order valence-corrected chi connectivity index (χ3v) is 2.49. The van der Waals surface area contributed by atoms with E-state index < -0.39 is 5.97 Å².